The van der Waals surface area contributed by atoms with Gasteiger partial charge in [0.2, 0.25) is 0 Å². The van der Waals surface area contributed by atoms with Gasteiger partial charge in [-0.3, -0.25) is 4.79 Å². The number of fused-ring (bicyclic) bond motifs is 1. The number of rotatable bonds is 0. The van der Waals surface area contributed by atoms with Gasteiger partial charge in [0.05, 0.1) is 17.2 Å². The topological polar surface area (TPSA) is 45.8 Å². The van der Waals surface area contributed by atoms with Gasteiger partial charge < -0.3 is 4.98 Å². The van der Waals surface area contributed by atoms with Crippen LogP contribution in [-0.2, 0) is 0 Å². The molecule has 1 aromatic carbocycles. The summed E-state index contributed by atoms with van der Waals surface area (Å²) in [6.07, 6.45) is 1.31. The average molecular weight is 174 g/mol. The first kappa shape index (κ1) is 7.98. The van der Waals surface area contributed by atoms with Crippen LogP contribution in [0, 0.1) is 13.8 Å². The summed E-state index contributed by atoms with van der Waals surface area (Å²) in [6, 6.07) is 3.98. The maximum absolute atomic E-state index is 11.0. The quantitative estimate of drug-likeness (QED) is 0.658. The van der Waals surface area contributed by atoms with Crippen molar-refractivity contribution in [2.75, 3.05) is 0 Å². The van der Waals surface area contributed by atoms with Gasteiger partial charge in [0.25, 0.3) is 5.56 Å². The van der Waals surface area contributed by atoms with Crippen LogP contribution in [0.4, 0.5) is 0 Å². The molecule has 1 heterocycles. The molecule has 3 heteroatoms. The normalized spacial score (nSPS) is 10.6. The molecule has 0 spiro atoms. The first-order valence-electron chi connectivity index (χ1n) is 4.13. The van der Waals surface area contributed by atoms with E-state index in [2.05, 4.69) is 9.97 Å². The Labute approximate surface area is 75.4 Å². The van der Waals surface area contributed by atoms with Crippen LogP contribution in [0.2, 0.25) is 0 Å². The van der Waals surface area contributed by atoms with Crippen LogP contribution in [0.1, 0.15) is 11.1 Å². The Hall–Kier alpha value is -1.64. The van der Waals surface area contributed by atoms with Crippen molar-refractivity contribution >= 4 is 11.0 Å². The fourth-order valence-electron chi connectivity index (χ4n) is 1.49. The van der Waals surface area contributed by atoms with Gasteiger partial charge in [0.15, 0.2) is 0 Å². The third-order valence-electron chi connectivity index (χ3n) is 2.03. The number of nitrogens with zero attached hydrogens (tertiary/aromatic N) is 1. The van der Waals surface area contributed by atoms with E-state index >= 15 is 0 Å². The summed E-state index contributed by atoms with van der Waals surface area (Å²) in [5.74, 6) is 0. The summed E-state index contributed by atoms with van der Waals surface area (Å²) in [5, 5.41) is 0. The third-order valence-corrected chi connectivity index (χ3v) is 2.03. The number of aromatic nitrogens is 2. The van der Waals surface area contributed by atoms with E-state index in [0.29, 0.717) is 0 Å². The highest BCUT2D eigenvalue weighted by Crippen LogP contribution is 2.14. The molecule has 0 bridgehead atoms. The maximum atomic E-state index is 11.0. The van der Waals surface area contributed by atoms with Crippen molar-refractivity contribution in [3.63, 3.8) is 0 Å². The molecule has 0 unspecified atom stereocenters. The number of nitrogens with one attached hydrogen (secondary N) is 1. The van der Waals surface area contributed by atoms with Crippen molar-refractivity contribution in [3.05, 3.63) is 39.8 Å². The van der Waals surface area contributed by atoms with Crippen LogP contribution in [0.3, 0.4) is 0 Å². The summed E-state index contributed by atoms with van der Waals surface area (Å²) < 4.78 is 0. The molecule has 0 radical (unpaired) electrons. The molecule has 0 aliphatic heterocycles. The predicted molar refractivity (Wildman–Crippen MR) is 51.8 cm³/mol. The van der Waals surface area contributed by atoms with E-state index in [9.17, 15) is 4.79 Å². The van der Waals surface area contributed by atoms with E-state index in [-0.39, 0.29) is 5.56 Å². The second kappa shape index (κ2) is 2.69. The lowest BCUT2D eigenvalue weighted by Gasteiger charge is -2.01. The van der Waals surface area contributed by atoms with Gasteiger partial charge in [-0.1, -0.05) is 6.07 Å². The molecule has 0 saturated heterocycles. The molecule has 1 aromatic heterocycles. The van der Waals surface area contributed by atoms with Gasteiger partial charge in [-0.15, -0.1) is 0 Å². The molecule has 3 nitrogen and oxygen atoms in total. The zero-order valence-electron chi connectivity index (χ0n) is 7.59. The number of hydrogen-bond donors (Lipinski definition) is 1. The largest absolute Gasteiger partial charge is 0.319 e. The van der Waals surface area contributed by atoms with E-state index in [4.69, 9.17) is 0 Å². The van der Waals surface area contributed by atoms with E-state index in [0.717, 1.165) is 22.2 Å². The zero-order chi connectivity index (χ0) is 9.42. The molecule has 0 fully saturated rings. The summed E-state index contributed by atoms with van der Waals surface area (Å²) in [4.78, 5) is 17.8. The minimum absolute atomic E-state index is 0.153. The Bertz CT molecular complexity index is 514. The standard InChI is InChI=1S/C10H10N2O/c1-6-3-7(2)10-8(4-6)11-5-9(13)12-10/h3-5H,1-2H3,(H,12,13). The van der Waals surface area contributed by atoms with Gasteiger partial charge in [-0.05, 0) is 31.0 Å². The van der Waals surface area contributed by atoms with Gasteiger partial charge in [0.1, 0.15) is 0 Å². The maximum Gasteiger partial charge on any atom is 0.266 e. The van der Waals surface area contributed by atoms with Crippen LogP contribution >= 0.6 is 0 Å². The van der Waals surface area contributed by atoms with E-state index in [1.807, 2.05) is 26.0 Å². The predicted octanol–water partition coefficient (Wildman–Crippen LogP) is 1.54. The molecule has 66 valence electrons. The molecule has 2 aromatic rings. The molecule has 0 saturated carbocycles. The highest BCUT2D eigenvalue weighted by atomic mass is 16.1. The highest BCUT2D eigenvalue weighted by Gasteiger charge is 1.99. The SMILES string of the molecule is Cc1cc(C)c2[nH]c(=O)cnc2c1. The molecular weight excluding hydrogens is 164 g/mol. The lowest BCUT2D eigenvalue weighted by atomic mass is 10.1. The van der Waals surface area contributed by atoms with Crippen LogP contribution in [-0.4, -0.2) is 9.97 Å². The fourth-order valence-corrected chi connectivity index (χ4v) is 1.49. The number of benzene rings is 1. The molecule has 0 aliphatic rings. The molecule has 13 heavy (non-hydrogen) atoms. The molecule has 0 atom stereocenters. The number of aryl methyl sites for hydroxylation is 2. The van der Waals surface area contributed by atoms with Crippen molar-refractivity contribution in [2.45, 2.75) is 13.8 Å². The molecular formula is C10H10N2O. The number of H-pyrrole nitrogens is 1. The Balaban J connectivity index is 2.95. The van der Waals surface area contributed by atoms with Gasteiger partial charge in [0, 0.05) is 0 Å². The Morgan fingerprint density at radius 1 is 1.31 bits per heavy atom. The Morgan fingerprint density at radius 3 is 2.85 bits per heavy atom. The first-order chi connectivity index (χ1) is 6.16. The lowest BCUT2D eigenvalue weighted by molar-refractivity contribution is 1.20. The Kier molecular flexibility index (Phi) is 1.65. The number of aromatic amines is 1. The molecule has 0 amide bonds. The molecule has 1 N–H and O–H groups in total. The minimum atomic E-state index is -0.153. The van der Waals surface area contributed by atoms with Crippen molar-refractivity contribution < 1.29 is 0 Å². The Morgan fingerprint density at radius 2 is 2.08 bits per heavy atom. The van der Waals surface area contributed by atoms with Crippen LogP contribution < -0.4 is 5.56 Å². The van der Waals surface area contributed by atoms with E-state index in [1.54, 1.807) is 0 Å². The van der Waals surface area contributed by atoms with Crippen molar-refractivity contribution in [1.82, 2.24) is 9.97 Å². The lowest BCUT2D eigenvalue weighted by Crippen LogP contribution is -2.05. The highest BCUT2D eigenvalue weighted by molar-refractivity contribution is 5.78. The summed E-state index contributed by atoms with van der Waals surface area (Å²) in [6.45, 7) is 3.98. The minimum Gasteiger partial charge on any atom is -0.319 e. The summed E-state index contributed by atoms with van der Waals surface area (Å²) >= 11 is 0. The smallest absolute Gasteiger partial charge is 0.266 e. The zero-order valence-corrected chi connectivity index (χ0v) is 7.59. The fraction of sp³-hybridized carbons (Fsp3) is 0.200. The van der Waals surface area contributed by atoms with Crippen molar-refractivity contribution in [1.29, 1.82) is 0 Å². The molecule has 2 rings (SSSR count). The van der Waals surface area contributed by atoms with Crippen molar-refractivity contribution in [3.8, 4) is 0 Å². The average Bonchev–Trinajstić information content (AvgIpc) is 2.06. The van der Waals surface area contributed by atoms with E-state index < -0.39 is 0 Å². The molecule has 0 aliphatic carbocycles. The van der Waals surface area contributed by atoms with Crippen molar-refractivity contribution in [2.24, 2.45) is 0 Å². The van der Waals surface area contributed by atoms with Gasteiger partial charge in [-0.25, -0.2) is 4.98 Å². The first-order valence-corrected chi connectivity index (χ1v) is 4.13. The summed E-state index contributed by atoms with van der Waals surface area (Å²) in [5.41, 5.74) is 3.74. The second-order valence-electron chi connectivity index (χ2n) is 3.22. The van der Waals surface area contributed by atoms with Crippen LogP contribution in [0.5, 0.6) is 0 Å². The van der Waals surface area contributed by atoms with Crippen LogP contribution in [0.25, 0.3) is 11.0 Å². The monoisotopic (exact) mass is 174 g/mol. The van der Waals surface area contributed by atoms with Crippen LogP contribution in [0.15, 0.2) is 23.1 Å². The van der Waals surface area contributed by atoms with E-state index in [1.165, 1.54) is 6.20 Å². The van der Waals surface area contributed by atoms with Gasteiger partial charge >= 0.3 is 0 Å². The third kappa shape index (κ3) is 1.33. The second-order valence-corrected chi connectivity index (χ2v) is 3.22. The number of hydrogen-bond acceptors (Lipinski definition) is 2. The summed E-state index contributed by atoms with van der Waals surface area (Å²) in [7, 11) is 0. The van der Waals surface area contributed by atoms with Gasteiger partial charge in [-0.2, -0.15) is 0 Å².